The summed E-state index contributed by atoms with van der Waals surface area (Å²) in [6, 6.07) is 5.50. The molecule has 0 spiro atoms. The van der Waals surface area contributed by atoms with Crippen LogP contribution in [0.25, 0.3) is 0 Å². The van der Waals surface area contributed by atoms with E-state index < -0.39 is 0 Å². The zero-order valence-corrected chi connectivity index (χ0v) is 11.5. The van der Waals surface area contributed by atoms with Gasteiger partial charge in [-0.3, -0.25) is 0 Å². The first-order chi connectivity index (χ1) is 8.16. The van der Waals surface area contributed by atoms with Gasteiger partial charge in [-0.25, -0.2) is 4.39 Å². The fourth-order valence-corrected chi connectivity index (χ4v) is 3.00. The van der Waals surface area contributed by atoms with E-state index >= 15 is 0 Å². The fraction of sp³-hybridized carbons (Fsp3) is 0.571. The van der Waals surface area contributed by atoms with Crippen LogP contribution in [0, 0.1) is 11.7 Å². The van der Waals surface area contributed by atoms with Crippen molar-refractivity contribution in [3.8, 4) is 0 Å². The van der Waals surface area contributed by atoms with Crippen LogP contribution in [0.4, 0.5) is 4.39 Å². The Labute approximate surface area is 111 Å². The van der Waals surface area contributed by atoms with Crippen molar-refractivity contribution in [3.63, 3.8) is 0 Å². The molecule has 94 valence electrons. The number of hydrogen-bond donors (Lipinski definition) is 1. The third-order valence-corrected chi connectivity index (χ3v) is 4.26. The van der Waals surface area contributed by atoms with E-state index in [0.717, 1.165) is 22.9 Å². The molecular weight excluding hydrogens is 281 g/mol. The van der Waals surface area contributed by atoms with Gasteiger partial charge in [-0.05, 0) is 49.3 Å². The molecule has 0 radical (unpaired) electrons. The standard InChI is InChI=1S/C14H19BrFN/c15-12-7-5-10(13(16)9-12)6-8-14(17)11-3-1-2-4-11/h5,7,9,11,14H,1-4,6,8,17H2. The molecule has 0 aliphatic heterocycles. The first-order valence-corrected chi connectivity index (χ1v) is 7.15. The summed E-state index contributed by atoms with van der Waals surface area (Å²) in [7, 11) is 0. The molecule has 0 bridgehead atoms. The van der Waals surface area contributed by atoms with Crippen molar-refractivity contribution in [1.29, 1.82) is 0 Å². The van der Waals surface area contributed by atoms with E-state index in [9.17, 15) is 4.39 Å². The average Bonchev–Trinajstić information content (AvgIpc) is 2.81. The lowest BCUT2D eigenvalue weighted by Gasteiger charge is -2.18. The van der Waals surface area contributed by atoms with E-state index in [2.05, 4.69) is 15.9 Å². The Bertz CT molecular complexity index is 374. The molecule has 1 aliphatic carbocycles. The Kier molecular flexibility index (Phi) is 4.57. The van der Waals surface area contributed by atoms with Crippen LogP contribution >= 0.6 is 15.9 Å². The van der Waals surface area contributed by atoms with Gasteiger partial charge in [-0.1, -0.05) is 34.8 Å². The Balaban J connectivity index is 1.88. The van der Waals surface area contributed by atoms with E-state index in [1.54, 1.807) is 0 Å². The summed E-state index contributed by atoms with van der Waals surface area (Å²) < 4.78 is 14.4. The number of aryl methyl sites for hydroxylation is 1. The van der Waals surface area contributed by atoms with Crippen molar-refractivity contribution in [3.05, 3.63) is 34.1 Å². The minimum absolute atomic E-state index is 0.127. The lowest BCUT2D eigenvalue weighted by Crippen LogP contribution is -2.28. The van der Waals surface area contributed by atoms with Crippen LogP contribution in [0.1, 0.15) is 37.7 Å². The van der Waals surface area contributed by atoms with E-state index in [1.165, 1.54) is 31.7 Å². The van der Waals surface area contributed by atoms with Crippen LogP contribution in [0.15, 0.2) is 22.7 Å². The molecule has 1 aromatic carbocycles. The second-order valence-corrected chi connectivity index (χ2v) is 5.90. The highest BCUT2D eigenvalue weighted by atomic mass is 79.9. The summed E-state index contributed by atoms with van der Waals surface area (Å²) >= 11 is 3.27. The molecule has 2 rings (SSSR count). The fourth-order valence-electron chi connectivity index (χ4n) is 2.67. The summed E-state index contributed by atoms with van der Waals surface area (Å²) in [5.74, 6) is 0.534. The first kappa shape index (κ1) is 13.0. The summed E-state index contributed by atoms with van der Waals surface area (Å²) in [6.45, 7) is 0. The molecular formula is C14H19BrFN. The highest BCUT2D eigenvalue weighted by molar-refractivity contribution is 9.10. The molecule has 2 N–H and O–H groups in total. The van der Waals surface area contributed by atoms with Crippen LogP contribution in [0.3, 0.4) is 0 Å². The van der Waals surface area contributed by atoms with E-state index in [4.69, 9.17) is 5.73 Å². The Morgan fingerprint density at radius 2 is 2.06 bits per heavy atom. The largest absolute Gasteiger partial charge is 0.327 e. The predicted molar refractivity (Wildman–Crippen MR) is 72.4 cm³/mol. The van der Waals surface area contributed by atoms with Crippen LogP contribution < -0.4 is 5.73 Å². The normalized spacial score (nSPS) is 18.5. The molecule has 17 heavy (non-hydrogen) atoms. The number of halogens is 2. The lowest BCUT2D eigenvalue weighted by atomic mass is 9.93. The van der Waals surface area contributed by atoms with Crippen molar-refractivity contribution in [2.45, 2.75) is 44.6 Å². The Morgan fingerprint density at radius 3 is 2.71 bits per heavy atom. The monoisotopic (exact) mass is 299 g/mol. The molecule has 0 amide bonds. The molecule has 1 unspecified atom stereocenters. The van der Waals surface area contributed by atoms with Crippen LogP contribution in [0.5, 0.6) is 0 Å². The third kappa shape index (κ3) is 3.52. The van der Waals surface area contributed by atoms with Gasteiger partial charge in [0, 0.05) is 10.5 Å². The van der Waals surface area contributed by atoms with Crippen molar-refractivity contribution in [2.24, 2.45) is 11.7 Å². The Hall–Kier alpha value is -0.410. The minimum atomic E-state index is -0.127. The number of rotatable bonds is 4. The zero-order valence-electron chi connectivity index (χ0n) is 9.96. The quantitative estimate of drug-likeness (QED) is 0.892. The molecule has 1 fully saturated rings. The van der Waals surface area contributed by atoms with Gasteiger partial charge in [-0.15, -0.1) is 0 Å². The molecule has 1 atom stereocenters. The van der Waals surface area contributed by atoms with Gasteiger partial charge in [-0.2, -0.15) is 0 Å². The molecule has 3 heteroatoms. The van der Waals surface area contributed by atoms with Gasteiger partial charge < -0.3 is 5.73 Å². The van der Waals surface area contributed by atoms with Gasteiger partial charge in [0.25, 0.3) is 0 Å². The number of benzene rings is 1. The van der Waals surface area contributed by atoms with Crippen molar-refractivity contribution < 1.29 is 4.39 Å². The maximum atomic E-state index is 13.6. The van der Waals surface area contributed by atoms with Gasteiger partial charge in [0.2, 0.25) is 0 Å². The molecule has 0 saturated heterocycles. The van der Waals surface area contributed by atoms with Crippen LogP contribution in [0.2, 0.25) is 0 Å². The van der Waals surface area contributed by atoms with E-state index in [1.807, 2.05) is 12.1 Å². The summed E-state index contributed by atoms with van der Waals surface area (Å²) in [5, 5.41) is 0. The Morgan fingerprint density at radius 1 is 1.35 bits per heavy atom. The predicted octanol–water partition coefficient (Wildman–Crippen LogP) is 4.04. The number of nitrogens with two attached hydrogens (primary N) is 1. The highest BCUT2D eigenvalue weighted by Crippen LogP contribution is 2.28. The smallest absolute Gasteiger partial charge is 0.127 e. The van der Waals surface area contributed by atoms with Crippen LogP contribution in [-0.4, -0.2) is 6.04 Å². The van der Waals surface area contributed by atoms with Crippen molar-refractivity contribution in [2.75, 3.05) is 0 Å². The van der Waals surface area contributed by atoms with Gasteiger partial charge in [0.15, 0.2) is 0 Å². The molecule has 1 aromatic rings. The molecule has 1 nitrogen and oxygen atoms in total. The summed E-state index contributed by atoms with van der Waals surface area (Å²) in [4.78, 5) is 0. The van der Waals surface area contributed by atoms with Crippen molar-refractivity contribution >= 4 is 15.9 Å². The van der Waals surface area contributed by atoms with E-state index in [-0.39, 0.29) is 11.9 Å². The van der Waals surface area contributed by atoms with Crippen molar-refractivity contribution in [1.82, 2.24) is 0 Å². The molecule has 0 heterocycles. The second-order valence-electron chi connectivity index (χ2n) is 4.98. The zero-order chi connectivity index (χ0) is 12.3. The second kappa shape index (κ2) is 5.96. The van der Waals surface area contributed by atoms with Gasteiger partial charge in [0.05, 0.1) is 0 Å². The summed E-state index contributed by atoms with van der Waals surface area (Å²) in [6.07, 6.45) is 6.77. The third-order valence-electron chi connectivity index (χ3n) is 3.77. The van der Waals surface area contributed by atoms with Gasteiger partial charge in [0.1, 0.15) is 5.82 Å². The lowest BCUT2D eigenvalue weighted by molar-refractivity contribution is 0.408. The maximum Gasteiger partial charge on any atom is 0.127 e. The topological polar surface area (TPSA) is 26.0 Å². The molecule has 1 aliphatic rings. The highest BCUT2D eigenvalue weighted by Gasteiger charge is 2.21. The van der Waals surface area contributed by atoms with E-state index in [0.29, 0.717) is 5.92 Å². The molecule has 1 saturated carbocycles. The summed E-state index contributed by atoms with van der Waals surface area (Å²) in [5.41, 5.74) is 6.95. The SMILES string of the molecule is NC(CCc1ccc(Br)cc1F)C1CCCC1. The maximum absolute atomic E-state index is 13.6. The first-order valence-electron chi connectivity index (χ1n) is 6.36. The minimum Gasteiger partial charge on any atom is -0.327 e. The average molecular weight is 300 g/mol. The van der Waals surface area contributed by atoms with Crippen LogP contribution in [-0.2, 0) is 6.42 Å². The van der Waals surface area contributed by atoms with Gasteiger partial charge >= 0.3 is 0 Å². The number of hydrogen-bond acceptors (Lipinski definition) is 1. The molecule has 0 aromatic heterocycles.